The van der Waals surface area contributed by atoms with Crippen LogP contribution in [0.15, 0.2) is 30.5 Å². The van der Waals surface area contributed by atoms with Crippen LogP contribution in [-0.4, -0.2) is 76.5 Å². The van der Waals surface area contributed by atoms with Crippen LogP contribution in [0.1, 0.15) is 18.4 Å². The standard InChI is InChI=1S/C25H29F3N6O2/c1-33-10-18-6-15(2-3-22(18)32-33)23-9-21(25(26,27)28)24(31-30-23)29-19-7-16-11-34(12-17(16)8-19)13-20-14-35-4-5-36-20/h2-3,6,9-10,16-17,19-20H,4-5,7-8,11-14H2,1H3,(H,29,31)/t16-,17+,19-,20-/m1/s1. The molecule has 36 heavy (non-hydrogen) atoms. The quantitative estimate of drug-likeness (QED) is 0.572. The summed E-state index contributed by atoms with van der Waals surface area (Å²) in [5, 5.41) is 16.4. The lowest BCUT2D eigenvalue weighted by Crippen LogP contribution is -2.39. The summed E-state index contributed by atoms with van der Waals surface area (Å²) in [5.41, 5.74) is 0.745. The largest absolute Gasteiger partial charge is 0.420 e. The summed E-state index contributed by atoms with van der Waals surface area (Å²) >= 11 is 0. The van der Waals surface area contributed by atoms with Gasteiger partial charge in [-0.05, 0) is 42.9 Å². The monoisotopic (exact) mass is 502 g/mol. The molecular formula is C25H29F3N6O2. The van der Waals surface area contributed by atoms with Crippen molar-refractivity contribution in [1.82, 2.24) is 24.9 Å². The average molecular weight is 503 g/mol. The van der Waals surface area contributed by atoms with Crippen LogP contribution >= 0.6 is 0 Å². The van der Waals surface area contributed by atoms with Crippen molar-refractivity contribution in [2.45, 2.75) is 31.2 Å². The van der Waals surface area contributed by atoms with Crippen molar-refractivity contribution in [3.8, 4) is 11.3 Å². The summed E-state index contributed by atoms with van der Waals surface area (Å²) in [6.45, 7) is 4.64. The van der Waals surface area contributed by atoms with Crippen molar-refractivity contribution in [3.63, 3.8) is 0 Å². The van der Waals surface area contributed by atoms with Crippen LogP contribution < -0.4 is 5.32 Å². The van der Waals surface area contributed by atoms with Crippen molar-refractivity contribution in [3.05, 3.63) is 36.0 Å². The van der Waals surface area contributed by atoms with Crippen LogP contribution in [0.2, 0.25) is 0 Å². The van der Waals surface area contributed by atoms with E-state index in [0.717, 1.165) is 49.4 Å². The molecule has 4 atom stereocenters. The number of nitrogens with one attached hydrogen (secondary N) is 1. The second-order valence-corrected chi connectivity index (χ2v) is 10.2. The van der Waals surface area contributed by atoms with Gasteiger partial charge in [-0.1, -0.05) is 6.07 Å². The van der Waals surface area contributed by atoms with E-state index in [9.17, 15) is 13.2 Å². The van der Waals surface area contributed by atoms with E-state index < -0.39 is 11.7 Å². The van der Waals surface area contributed by atoms with E-state index in [2.05, 4.69) is 25.5 Å². The lowest BCUT2D eigenvalue weighted by Gasteiger charge is -2.28. The highest BCUT2D eigenvalue weighted by Crippen LogP contribution is 2.41. The van der Waals surface area contributed by atoms with Gasteiger partial charge < -0.3 is 19.7 Å². The Balaban J connectivity index is 1.15. The molecule has 4 heterocycles. The predicted octanol–water partition coefficient (Wildman–Crippen LogP) is 3.59. The number of benzene rings is 1. The third-order valence-electron chi connectivity index (χ3n) is 7.53. The van der Waals surface area contributed by atoms with E-state index >= 15 is 0 Å². The Hall–Kier alpha value is -2.76. The van der Waals surface area contributed by atoms with Crippen LogP contribution in [-0.2, 0) is 22.7 Å². The molecule has 0 radical (unpaired) electrons. The highest BCUT2D eigenvalue weighted by molar-refractivity contribution is 5.83. The maximum atomic E-state index is 14.0. The normalized spacial score (nSPS) is 27.0. The Morgan fingerprint density at radius 1 is 1.08 bits per heavy atom. The van der Waals surface area contributed by atoms with Gasteiger partial charge in [0, 0.05) is 49.9 Å². The van der Waals surface area contributed by atoms with E-state index in [4.69, 9.17) is 9.47 Å². The highest BCUT2D eigenvalue weighted by atomic mass is 19.4. The number of aryl methyl sites for hydroxylation is 1. The summed E-state index contributed by atoms with van der Waals surface area (Å²) in [6, 6.07) is 6.33. The van der Waals surface area contributed by atoms with E-state index in [1.54, 1.807) is 29.9 Å². The molecule has 0 spiro atoms. The maximum absolute atomic E-state index is 14.0. The summed E-state index contributed by atoms with van der Waals surface area (Å²) < 4.78 is 55.0. The van der Waals surface area contributed by atoms with Crippen LogP contribution in [0.25, 0.3) is 22.2 Å². The van der Waals surface area contributed by atoms with Gasteiger partial charge in [0.1, 0.15) is 5.56 Å². The molecular weight excluding hydrogens is 473 g/mol. The molecule has 11 heteroatoms. The molecule has 0 unspecified atom stereocenters. The van der Waals surface area contributed by atoms with Gasteiger partial charge >= 0.3 is 6.18 Å². The first-order valence-corrected chi connectivity index (χ1v) is 12.4. The zero-order valence-corrected chi connectivity index (χ0v) is 20.0. The molecule has 3 aliphatic rings. The molecule has 1 aliphatic carbocycles. The van der Waals surface area contributed by atoms with Gasteiger partial charge in [0.15, 0.2) is 5.82 Å². The molecule has 1 aromatic carbocycles. The van der Waals surface area contributed by atoms with Gasteiger partial charge in [-0.25, -0.2) is 0 Å². The predicted molar refractivity (Wildman–Crippen MR) is 127 cm³/mol. The third-order valence-corrected chi connectivity index (χ3v) is 7.53. The van der Waals surface area contributed by atoms with Crippen molar-refractivity contribution in [2.75, 3.05) is 44.8 Å². The molecule has 8 nitrogen and oxygen atoms in total. The van der Waals surface area contributed by atoms with Crippen LogP contribution in [0.3, 0.4) is 0 Å². The molecule has 192 valence electrons. The Morgan fingerprint density at radius 3 is 2.61 bits per heavy atom. The fraction of sp³-hybridized carbons (Fsp3) is 0.560. The second-order valence-electron chi connectivity index (χ2n) is 10.2. The van der Waals surface area contributed by atoms with Crippen LogP contribution in [0, 0.1) is 11.8 Å². The Bertz CT molecular complexity index is 1230. The van der Waals surface area contributed by atoms with E-state index in [1.807, 2.05) is 6.20 Å². The topological polar surface area (TPSA) is 77.3 Å². The summed E-state index contributed by atoms with van der Waals surface area (Å²) in [6.07, 6.45) is -0.975. The number of hydrogen-bond donors (Lipinski definition) is 1. The number of rotatable bonds is 5. The minimum atomic E-state index is -4.54. The first kappa shape index (κ1) is 23.6. The van der Waals surface area contributed by atoms with Gasteiger partial charge in [-0.2, -0.15) is 18.3 Å². The molecule has 0 bridgehead atoms. The molecule has 2 aromatic heterocycles. The van der Waals surface area contributed by atoms with Gasteiger partial charge in [0.2, 0.25) is 0 Å². The lowest BCUT2D eigenvalue weighted by molar-refractivity contribution is -0.137. The van der Waals surface area contributed by atoms with E-state index in [1.165, 1.54) is 0 Å². The van der Waals surface area contributed by atoms with Crippen molar-refractivity contribution < 1.29 is 22.6 Å². The molecule has 6 rings (SSSR count). The number of anilines is 1. The van der Waals surface area contributed by atoms with Crippen LogP contribution in [0.4, 0.5) is 19.0 Å². The Labute approximate surface area is 206 Å². The Kier molecular flexibility index (Phi) is 6.09. The third kappa shape index (κ3) is 4.79. The number of alkyl halides is 3. The smallest absolute Gasteiger partial charge is 0.376 e. The zero-order chi connectivity index (χ0) is 24.9. The summed E-state index contributed by atoms with van der Waals surface area (Å²) in [7, 11) is 1.80. The lowest BCUT2D eigenvalue weighted by atomic mass is 10.0. The number of fused-ring (bicyclic) bond motifs is 2. The number of ether oxygens (including phenoxy) is 2. The molecule has 2 saturated heterocycles. The highest BCUT2D eigenvalue weighted by Gasteiger charge is 2.43. The minimum Gasteiger partial charge on any atom is -0.376 e. The molecule has 1 N–H and O–H groups in total. The van der Waals surface area contributed by atoms with Crippen molar-refractivity contribution in [1.29, 1.82) is 0 Å². The van der Waals surface area contributed by atoms with Gasteiger partial charge in [0.25, 0.3) is 0 Å². The van der Waals surface area contributed by atoms with Gasteiger partial charge in [-0.15, -0.1) is 10.2 Å². The summed E-state index contributed by atoms with van der Waals surface area (Å²) in [5.74, 6) is 0.725. The number of nitrogens with zero attached hydrogens (tertiary/aromatic N) is 5. The molecule has 0 amide bonds. The number of halogens is 3. The summed E-state index contributed by atoms with van der Waals surface area (Å²) in [4.78, 5) is 2.40. The molecule has 1 saturated carbocycles. The zero-order valence-electron chi connectivity index (χ0n) is 20.0. The number of hydrogen-bond acceptors (Lipinski definition) is 7. The fourth-order valence-electron chi connectivity index (χ4n) is 5.95. The molecule has 2 aliphatic heterocycles. The van der Waals surface area contributed by atoms with Gasteiger partial charge in [0.05, 0.1) is 37.1 Å². The van der Waals surface area contributed by atoms with Crippen LogP contribution in [0.5, 0.6) is 0 Å². The first-order valence-electron chi connectivity index (χ1n) is 12.4. The van der Waals surface area contributed by atoms with E-state index in [-0.39, 0.29) is 23.7 Å². The second kappa shape index (κ2) is 9.28. The molecule has 3 fully saturated rings. The average Bonchev–Trinajstić information content (AvgIpc) is 3.50. The number of aromatic nitrogens is 4. The minimum absolute atomic E-state index is 0.0515. The first-order chi connectivity index (χ1) is 17.3. The van der Waals surface area contributed by atoms with Gasteiger partial charge in [-0.3, -0.25) is 4.68 Å². The van der Waals surface area contributed by atoms with E-state index in [0.29, 0.717) is 37.2 Å². The van der Waals surface area contributed by atoms with Crippen molar-refractivity contribution >= 4 is 16.7 Å². The molecule has 3 aromatic rings. The fourth-order valence-corrected chi connectivity index (χ4v) is 5.95. The number of likely N-dealkylation sites (tertiary alicyclic amines) is 1. The Morgan fingerprint density at radius 2 is 1.89 bits per heavy atom. The van der Waals surface area contributed by atoms with Crippen molar-refractivity contribution in [2.24, 2.45) is 18.9 Å². The maximum Gasteiger partial charge on any atom is 0.420 e. The SMILES string of the molecule is Cn1cc2cc(-c3cc(C(F)(F)F)c(N[C@@H]4C[C@@H]5CN(C[C@@H]6COCCO6)C[C@@H]5C4)nn3)ccc2n1.